The van der Waals surface area contributed by atoms with Crippen LogP contribution in [0, 0.1) is 23.0 Å². The molecule has 1 fully saturated rings. The van der Waals surface area contributed by atoms with Gasteiger partial charge >= 0.3 is 0 Å². The van der Waals surface area contributed by atoms with E-state index in [1.54, 1.807) is 0 Å². The average molecular weight is 399 g/mol. The number of benzene rings is 2. The molecule has 2 aliphatic rings. The van der Waals surface area contributed by atoms with Crippen LogP contribution in [-0.4, -0.2) is 41.6 Å². The Hall–Kier alpha value is -3.54. The van der Waals surface area contributed by atoms with Crippen molar-refractivity contribution in [1.82, 2.24) is 4.90 Å². The zero-order valence-electron chi connectivity index (χ0n) is 15.1. The Morgan fingerprint density at radius 2 is 1.93 bits per heavy atom. The summed E-state index contributed by atoms with van der Waals surface area (Å²) in [6.07, 6.45) is -1.68. The topological polar surface area (TPSA) is 94.5 Å². The molecule has 9 heteroatoms. The van der Waals surface area contributed by atoms with Gasteiger partial charge in [-0.25, -0.2) is 18.2 Å². The van der Waals surface area contributed by atoms with Crippen molar-refractivity contribution in [1.29, 1.82) is 5.26 Å². The number of carbonyl (C=O) groups is 1. The number of nitrogens with zero attached hydrogens (tertiary/aromatic N) is 3. The molecule has 4 rings (SSSR count). The van der Waals surface area contributed by atoms with E-state index in [0.717, 1.165) is 12.1 Å². The van der Waals surface area contributed by atoms with Crippen LogP contribution in [0.15, 0.2) is 41.4 Å². The lowest BCUT2D eigenvalue weighted by atomic mass is 9.91. The first-order valence-corrected chi connectivity index (χ1v) is 8.90. The molecule has 0 bridgehead atoms. The number of alkyl halides is 1. The fraction of sp³-hybridized carbons (Fsp3) is 0.250. The smallest absolute Gasteiger partial charge is 0.253 e. The molecule has 1 spiro atoms. The number of piperidine rings is 1. The first-order chi connectivity index (χ1) is 13.8. The molecule has 2 aliphatic heterocycles. The molecule has 2 heterocycles. The van der Waals surface area contributed by atoms with Gasteiger partial charge in [0.15, 0.2) is 11.8 Å². The lowest BCUT2D eigenvalue weighted by Crippen LogP contribution is -2.60. The van der Waals surface area contributed by atoms with Crippen LogP contribution in [-0.2, 0) is 0 Å². The summed E-state index contributed by atoms with van der Waals surface area (Å²) in [6.45, 7) is -0.163. The number of aliphatic imine (C=N–C) groups is 1. The number of carbonyl (C=O) groups excluding carboxylic acids is 1. The van der Waals surface area contributed by atoms with E-state index in [-0.39, 0.29) is 36.6 Å². The number of amides is 1. The Balaban J connectivity index is 1.58. The Morgan fingerprint density at radius 1 is 1.24 bits per heavy atom. The number of nitrogens with one attached hydrogen (secondary N) is 1. The molecule has 148 valence electrons. The maximum atomic E-state index is 15.2. The molecule has 0 aliphatic carbocycles. The van der Waals surface area contributed by atoms with Gasteiger partial charge in [-0.05, 0) is 36.4 Å². The third-order valence-electron chi connectivity index (χ3n) is 5.23. The lowest BCUT2D eigenvalue weighted by Gasteiger charge is -2.44. The average Bonchev–Trinajstić information content (AvgIpc) is 2.72. The maximum Gasteiger partial charge on any atom is 0.253 e. The maximum absolute atomic E-state index is 15.2. The van der Waals surface area contributed by atoms with Gasteiger partial charge in [-0.3, -0.25) is 4.79 Å². The molecule has 6 nitrogen and oxygen atoms in total. The molecule has 2 unspecified atom stereocenters. The van der Waals surface area contributed by atoms with Crippen LogP contribution in [0.2, 0.25) is 0 Å². The molecule has 1 amide bonds. The number of likely N-dealkylation sites (tertiary alicyclic amines) is 1. The number of hydrogen-bond donors (Lipinski definition) is 2. The second-order valence-electron chi connectivity index (χ2n) is 6.98. The lowest BCUT2D eigenvalue weighted by molar-refractivity contribution is 0.0494. The molecule has 0 radical (unpaired) electrons. The standard InChI is InChI=1S/C20H16F3N5O/c21-13-5-6-14(22)17-16(13)18(25)27-20(26-17)7-8-28(10-15(20)23)19(29)12-3-1-11(9-24)2-4-12/h1-6,15,26H,7-8,10H2,(H2,25,27). The summed E-state index contributed by atoms with van der Waals surface area (Å²) in [5.41, 5.74) is 4.53. The van der Waals surface area contributed by atoms with Crippen molar-refractivity contribution in [3.63, 3.8) is 0 Å². The van der Waals surface area contributed by atoms with Gasteiger partial charge in [0.2, 0.25) is 0 Å². The van der Waals surface area contributed by atoms with E-state index in [2.05, 4.69) is 10.3 Å². The molecule has 0 saturated carbocycles. The van der Waals surface area contributed by atoms with Crippen molar-refractivity contribution in [2.24, 2.45) is 10.7 Å². The summed E-state index contributed by atoms with van der Waals surface area (Å²) in [5.74, 6) is -2.20. The third-order valence-corrected chi connectivity index (χ3v) is 5.23. The van der Waals surface area contributed by atoms with Crippen LogP contribution in [0.3, 0.4) is 0 Å². The van der Waals surface area contributed by atoms with E-state index >= 15 is 4.39 Å². The van der Waals surface area contributed by atoms with Crippen LogP contribution in [0.4, 0.5) is 18.9 Å². The number of anilines is 1. The highest BCUT2D eigenvalue weighted by Gasteiger charge is 2.48. The van der Waals surface area contributed by atoms with Crippen LogP contribution in [0.1, 0.15) is 27.9 Å². The van der Waals surface area contributed by atoms with Crippen molar-refractivity contribution < 1.29 is 18.0 Å². The number of nitriles is 1. The van der Waals surface area contributed by atoms with E-state index < -0.39 is 29.4 Å². The molecule has 2 atom stereocenters. The van der Waals surface area contributed by atoms with Gasteiger partial charge in [0, 0.05) is 18.5 Å². The molecule has 2 aromatic rings. The third kappa shape index (κ3) is 3.06. The van der Waals surface area contributed by atoms with Gasteiger partial charge < -0.3 is 16.0 Å². The minimum absolute atomic E-state index is 0.0201. The van der Waals surface area contributed by atoms with Crippen molar-refractivity contribution in [3.8, 4) is 6.07 Å². The van der Waals surface area contributed by atoms with Gasteiger partial charge in [-0.1, -0.05) is 0 Å². The van der Waals surface area contributed by atoms with Crippen molar-refractivity contribution in [2.75, 3.05) is 18.4 Å². The summed E-state index contributed by atoms with van der Waals surface area (Å²) >= 11 is 0. The Bertz CT molecular complexity index is 1060. The predicted octanol–water partition coefficient (Wildman–Crippen LogP) is 2.55. The highest BCUT2D eigenvalue weighted by atomic mass is 19.1. The van der Waals surface area contributed by atoms with E-state index in [9.17, 15) is 13.6 Å². The van der Waals surface area contributed by atoms with Crippen molar-refractivity contribution >= 4 is 17.4 Å². The molecular weight excluding hydrogens is 383 g/mol. The van der Waals surface area contributed by atoms with E-state index in [4.69, 9.17) is 11.0 Å². The van der Waals surface area contributed by atoms with E-state index in [1.807, 2.05) is 6.07 Å². The first kappa shape index (κ1) is 18.8. The van der Waals surface area contributed by atoms with Gasteiger partial charge in [-0.15, -0.1) is 0 Å². The van der Waals surface area contributed by atoms with Crippen LogP contribution >= 0.6 is 0 Å². The molecular formula is C20H16F3N5O. The summed E-state index contributed by atoms with van der Waals surface area (Å²) < 4.78 is 43.4. The quantitative estimate of drug-likeness (QED) is 0.771. The molecule has 3 N–H and O–H groups in total. The van der Waals surface area contributed by atoms with E-state index in [0.29, 0.717) is 11.1 Å². The summed E-state index contributed by atoms with van der Waals surface area (Å²) in [5, 5.41) is 11.5. The van der Waals surface area contributed by atoms with Crippen LogP contribution < -0.4 is 11.1 Å². The monoisotopic (exact) mass is 399 g/mol. The molecule has 1 saturated heterocycles. The zero-order chi connectivity index (χ0) is 20.8. The van der Waals surface area contributed by atoms with Crippen molar-refractivity contribution in [2.45, 2.75) is 18.3 Å². The molecule has 0 aromatic heterocycles. The summed E-state index contributed by atoms with van der Waals surface area (Å²) in [7, 11) is 0. The van der Waals surface area contributed by atoms with Gasteiger partial charge in [-0.2, -0.15) is 5.26 Å². The highest BCUT2D eigenvalue weighted by molar-refractivity contribution is 6.04. The Kier molecular flexibility index (Phi) is 4.42. The fourth-order valence-corrected chi connectivity index (χ4v) is 3.66. The summed E-state index contributed by atoms with van der Waals surface area (Å²) in [4.78, 5) is 18.1. The number of halogens is 3. The number of nitrogens with two attached hydrogens (primary N) is 1. The van der Waals surface area contributed by atoms with Gasteiger partial charge in [0.1, 0.15) is 17.5 Å². The van der Waals surface area contributed by atoms with Crippen molar-refractivity contribution in [3.05, 3.63) is 64.7 Å². The fourth-order valence-electron chi connectivity index (χ4n) is 3.66. The van der Waals surface area contributed by atoms with Crippen LogP contribution in [0.5, 0.6) is 0 Å². The largest absolute Gasteiger partial charge is 0.383 e. The normalized spacial score (nSPS) is 23.0. The molecule has 2 aromatic carbocycles. The number of hydrogen-bond acceptors (Lipinski definition) is 5. The second kappa shape index (κ2) is 6.81. The second-order valence-corrected chi connectivity index (χ2v) is 6.98. The molecule has 29 heavy (non-hydrogen) atoms. The Labute approximate surface area is 164 Å². The minimum Gasteiger partial charge on any atom is -0.383 e. The minimum atomic E-state index is -1.70. The Morgan fingerprint density at radius 3 is 2.59 bits per heavy atom. The number of amidine groups is 1. The van der Waals surface area contributed by atoms with Gasteiger partial charge in [0.25, 0.3) is 5.91 Å². The predicted molar refractivity (Wildman–Crippen MR) is 100 cm³/mol. The number of fused-ring (bicyclic) bond motifs is 1. The highest BCUT2D eigenvalue weighted by Crippen LogP contribution is 2.38. The summed E-state index contributed by atoms with van der Waals surface area (Å²) in [6, 6.07) is 9.85. The number of rotatable bonds is 1. The zero-order valence-corrected chi connectivity index (χ0v) is 15.1. The SMILES string of the molecule is N#Cc1ccc(C(=O)N2CCC3(N=C(N)c4c(F)ccc(F)c4N3)C(F)C2)cc1. The van der Waals surface area contributed by atoms with Crippen LogP contribution in [0.25, 0.3) is 0 Å². The van der Waals surface area contributed by atoms with E-state index in [1.165, 1.54) is 29.2 Å². The first-order valence-electron chi connectivity index (χ1n) is 8.90. The van der Waals surface area contributed by atoms with Gasteiger partial charge in [0.05, 0.1) is 29.4 Å².